The lowest BCUT2D eigenvalue weighted by Gasteiger charge is -2.35. The maximum absolute atomic E-state index is 11.8. The van der Waals surface area contributed by atoms with Crippen LogP contribution in [0.2, 0.25) is 0 Å². The molecule has 1 saturated heterocycles. The van der Waals surface area contributed by atoms with Crippen LogP contribution in [0.1, 0.15) is 18.9 Å². The molecule has 6 nitrogen and oxygen atoms in total. The molecule has 0 aromatic carbocycles. The topological polar surface area (TPSA) is 88.3 Å². The Bertz CT molecular complexity index is 475. The zero-order valence-electron chi connectivity index (χ0n) is 10.2. The van der Waals surface area contributed by atoms with Gasteiger partial charge in [-0.05, 0) is 18.1 Å². The van der Waals surface area contributed by atoms with Gasteiger partial charge in [0, 0.05) is 12.7 Å². The van der Waals surface area contributed by atoms with E-state index >= 15 is 0 Å². The molecule has 1 aliphatic heterocycles. The Hall–Kier alpha value is -1.95. The van der Waals surface area contributed by atoms with E-state index in [-0.39, 0.29) is 24.4 Å². The molecule has 1 fully saturated rings. The first-order valence-corrected chi connectivity index (χ1v) is 5.90. The van der Waals surface area contributed by atoms with Crippen LogP contribution in [0.25, 0.3) is 0 Å². The molecule has 2 amide bonds. The summed E-state index contributed by atoms with van der Waals surface area (Å²) in [6.07, 6.45) is 3.92. The largest absolute Gasteiger partial charge is 0.349 e. The summed E-state index contributed by atoms with van der Waals surface area (Å²) in [6.45, 7) is 2.41. The number of rotatable bonds is 3. The van der Waals surface area contributed by atoms with Crippen LogP contribution in [0.3, 0.4) is 0 Å². The van der Waals surface area contributed by atoms with Gasteiger partial charge in [-0.15, -0.1) is 0 Å². The lowest BCUT2D eigenvalue weighted by molar-refractivity contribution is -0.132. The molecular weight excluding hydrogens is 232 g/mol. The molecule has 0 aliphatic carbocycles. The number of nitrogens with two attached hydrogens (primary N) is 1. The summed E-state index contributed by atoms with van der Waals surface area (Å²) in [5, 5.41) is 2.35. The molecule has 96 valence electrons. The molecule has 6 heteroatoms. The van der Waals surface area contributed by atoms with E-state index in [0.717, 1.165) is 11.3 Å². The number of imide groups is 1. The summed E-state index contributed by atoms with van der Waals surface area (Å²) in [7, 11) is 0. The van der Waals surface area contributed by atoms with Crippen molar-refractivity contribution < 1.29 is 9.59 Å². The predicted molar refractivity (Wildman–Crippen MR) is 66.7 cm³/mol. The van der Waals surface area contributed by atoms with Gasteiger partial charge in [-0.1, -0.05) is 6.92 Å². The molecule has 1 aromatic rings. The minimum Gasteiger partial charge on any atom is -0.349 e. The summed E-state index contributed by atoms with van der Waals surface area (Å²) in [4.78, 5) is 29.1. The third-order valence-corrected chi connectivity index (χ3v) is 3.06. The average Bonchev–Trinajstić information content (AvgIpc) is 2.38. The molecule has 1 aromatic heterocycles. The van der Waals surface area contributed by atoms with Gasteiger partial charge in [-0.2, -0.15) is 0 Å². The Balaban J connectivity index is 2.39. The lowest BCUT2D eigenvalue weighted by atomic mass is 10.1. The van der Waals surface area contributed by atoms with Crippen LogP contribution in [0.5, 0.6) is 0 Å². The van der Waals surface area contributed by atoms with Crippen molar-refractivity contribution in [2.24, 2.45) is 5.73 Å². The molecule has 0 bridgehead atoms. The van der Waals surface area contributed by atoms with E-state index in [2.05, 4.69) is 10.3 Å². The monoisotopic (exact) mass is 248 g/mol. The number of nitrogens with one attached hydrogen (secondary N) is 1. The fourth-order valence-electron chi connectivity index (χ4n) is 2.17. The van der Waals surface area contributed by atoms with E-state index < -0.39 is 0 Å². The number of aromatic nitrogens is 1. The maximum atomic E-state index is 11.8. The van der Waals surface area contributed by atoms with E-state index in [0.29, 0.717) is 13.0 Å². The smallest absolute Gasteiger partial charge is 0.249 e. The van der Waals surface area contributed by atoms with Gasteiger partial charge in [0.25, 0.3) is 0 Å². The third kappa shape index (κ3) is 2.19. The molecule has 18 heavy (non-hydrogen) atoms. The molecule has 3 N–H and O–H groups in total. The van der Waals surface area contributed by atoms with Gasteiger partial charge >= 0.3 is 0 Å². The molecule has 0 spiro atoms. The van der Waals surface area contributed by atoms with Gasteiger partial charge in [0.05, 0.1) is 18.4 Å². The van der Waals surface area contributed by atoms with Crippen molar-refractivity contribution in [3.63, 3.8) is 0 Å². The Labute approximate surface area is 105 Å². The Morgan fingerprint density at radius 3 is 3.00 bits per heavy atom. The maximum Gasteiger partial charge on any atom is 0.249 e. The van der Waals surface area contributed by atoms with Crippen molar-refractivity contribution >= 4 is 17.5 Å². The van der Waals surface area contributed by atoms with Crippen LogP contribution in [-0.2, 0) is 16.1 Å². The normalized spacial score (nSPS) is 19.9. The Kier molecular flexibility index (Phi) is 3.57. The van der Waals surface area contributed by atoms with Gasteiger partial charge < -0.3 is 10.6 Å². The number of hydrogen-bond donors (Lipinski definition) is 2. The van der Waals surface area contributed by atoms with E-state index in [4.69, 9.17) is 5.73 Å². The summed E-state index contributed by atoms with van der Waals surface area (Å²) >= 11 is 0. The van der Waals surface area contributed by atoms with E-state index in [1.54, 1.807) is 23.4 Å². The van der Waals surface area contributed by atoms with E-state index in [1.165, 1.54) is 0 Å². The molecule has 1 atom stereocenters. The van der Waals surface area contributed by atoms with Crippen LogP contribution < -0.4 is 16.0 Å². The van der Waals surface area contributed by atoms with Gasteiger partial charge in [-0.25, -0.2) is 0 Å². The van der Waals surface area contributed by atoms with Crippen molar-refractivity contribution in [3.05, 3.63) is 24.0 Å². The van der Waals surface area contributed by atoms with Crippen molar-refractivity contribution in [3.8, 4) is 0 Å². The number of carbonyl (C=O) groups is 2. The van der Waals surface area contributed by atoms with Crippen molar-refractivity contribution in [1.29, 1.82) is 0 Å². The van der Waals surface area contributed by atoms with Crippen molar-refractivity contribution in [1.82, 2.24) is 10.3 Å². The predicted octanol–water partition coefficient (Wildman–Crippen LogP) is -0.218. The van der Waals surface area contributed by atoms with Crippen LogP contribution in [0, 0.1) is 0 Å². The molecule has 1 unspecified atom stereocenters. The number of piperazine rings is 1. The van der Waals surface area contributed by atoms with Crippen molar-refractivity contribution in [2.45, 2.75) is 25.9 Å². The number of amides is 2. The third-order valence-electron chi connectivity index (χ3n) is 3.06. The van der Waals surface area contributed by atoms with Crippen LogP contribution in [-0.4, -0.2) is 29.4 Å². The average molecular weight is 248 g/mol. The molecule has 0 radical (unpaired) electrons. The summed E-state index contributed by atoms with van der Waals surface area (Å²) in [6, 6.07) is 1.45. The summed E-state index contributed by atoms with van der Waals surface area (Å²) in [5.41, 5.74) is 7.31. The van der Waals surface area contributed by atoms with Gasteiger partial charge in [0.2, 0.25) is 11.8 Å². The fourth-order valence-corrected chi connectivity index (χ4v) is 2.17. The molecule has 2 rings (SSSR count). The second-order valence-corrected chi connectivity index (χ2v) is 4.17. The van der Waals surface area contributed by atoms with Crippen molar-refractivity contribution in [2.75, 3.05) is 11.4 Å². The minimum absolute atomic E-state index is 0.156. The minimum atomic E-state index is -0.350. The fraction of sp³-hybridized carbons (Fsp3) is 0.417. The quantitative estimate of drug-likeness (QED) is 0.722. The van der Waals surface area contributed by atoms with Gasteiger partial charge in [-0.3, -0.25) is 19.9 Å². The molecule has 2 heterocycles. The highest BCUT2D eigenvalue weighted by molar-refractivity contribution is 6.04. The number of pyridine rings is 1. The summed E-state index contributed by atoms with van der Waals surface area (Å²) < 4.78 is 0. The Morgan fingerprint density at radius 1 is 1.56 bits per heavy atom. The van der Waals surface area contributed by atoms with E-state index in [1.807, 2.05) is 6.92 Å². The summed E-state index contributed by atoms with van der Waals surface area (Å²) in [5.74, 6) is -0.558. The van der Waals surface area contributed by atoms with Gasteiger partial charge in [0.1, 0.15) is 6.04 Å². The molecular formula is C12H16N4O2. The second-order valence-electron chi connectivity index (χ2n) is 4.17. The highest BCUT2D eigenvalue weighted by Gasteiger charge is 2.33. The number of hydrogen-bond acceptors (Lipinski definition) is 5. The SMILES string of the molecule is CCC1C(=O)NC(=O)CN1c1cnccc1CN. The standard InChI is InChI=1S/C12H16N4O2/c1-2-9-12(18)15-11(17)7-16(9)10-6-14-4-3-8(10)5-13/h3-4,6,9H,2,5,7,13H2,1H3,(H,15,17,18). The van der Waals surface area contributed by atoms with Crippen LogP contribution >= 0.6 is 0 Å². The lowest BCUT2D eigenvalue weighted by Crippen LogP contribution is -2.58. The highest BCUT2D eigenvalue weighted by atomic mass is 16.2. The first-order valence-electron chi connectivity index (χ1n) is 5.90. The van der Waals surface area contributed by atoms with Gasteiger partial charge in [0.15, 0.2) is 0 Å². The second kappa shape index (κ2) is 5.14. The number of nitrogens with zero attached hydrogens (tertiary/aromatic N) is 2. The van der Waals surface area contributed by atoms with Crippen LogP contribution in [0.4, 0.5) is 5.69 Å². The molecule has 1 aliphatic rings. The Morgan fingerprint density at radius 2 is 2.33 bits per heavy atom. The number of carbonyl (C=O) groups excluding carboxylic acids is 2. The van der Waals surface area contributed by atoms with E-state index in [9.17, 15) is 9.59 Å². The van der Waals surface area contributed by atoms with Crippen LogP contribution in [0.15, 0.2) is 18.5 Å². The first kappa shape index (κ1) is 12.5. The molecule has 0 saturated carbocycles. The first-order chi connectivity index (χ1) is 8.67. The number of anilines is 1. The zero-order chi connectivity index (χ0) is 13.1. The zero-order valence-corrected chi connectivity index (χ0v) is 10.2. The highest BCUT2D eigenvalue weighted by Crippen LogP contribution is 2.23.